The van der Waals surface area contributed by atoms with Crippen LogP contribution < -0.4 is 56.5 Å². The van der Waals surface area contributed by atoms with E-state index >= 15 is 0 Å². The molecule has 0 aliphatic heterocycles. The van der Waals surface area contributed by atoms with Crippen LogP contribution in [0, 0.1) is 0 Å². The Labute approximate surface area is 251 Å². The normalized spacial score (nSPS) is 10.5. The Morgan fingerprint density at radius 2 is 1.78 bits per heavy atom. The summed E-state index contributed by atoms with van der Waals surface area (Å²) in [7, 11) is 0. The van der Waals surface area contributed by atoms with Gasteiger partial charge in [0.25, 0.3) is 0 Å². The van der Waals surface area contributed by atoms with Crippen LogP contribution in [0.15, 0.2) is 48.5 Å². The molecule has 0 aliphatic rings. The fourth-order valence-corrected chi connectivity index (χ4v) is 3.79. The summed E-state index contributed by atoms with van der Waals surface area (Å²) >= 11 is 6.22. The second-order valence-corrected chi connectivity index (χ2v) is 7.44. The zero-order valence-electron chi connectivity index (χ0n) is 18.1. The fourth-order valence-electron chi connectivity index (χ4n) is 3.53. The predicted molar refractivity (Wildman–Crippen MR) is 129 cm³/mol. The Bertz CT molecular complexity index is 1120. The molecule has 0 bridgehead atoms. The third-order valence-electron chi connectivity index (χ3n) is 5.11. The van der Waals surface area contributed by atoms with Gasteiger partial charge in [0, 0.05) is 24.2 Å². The minimum Gasteiger partial charge on any atom is -0.850 e. The van der Waals surface area contributed by atoms with E-state index in [1.54, 1.807) is 0 Å². The van der Waals surface area contributed by atoms with Gasteiger partial charge in [0.15, 0.2) is 0 Å². The van der Waals surface area contributed by atoms with Gasteiger partial charge < -0.3 is 9.67 Å². The molecular formula is C22H23ClIKN6O. The minimum absolute atomic E-state index is 0. The molecule has 0 spiro atoms. The third kappa shape index (κ3) is 6.26. The number of tetrazole rings is 1. The van der Waals surface area contributed by atoms with Gasteiger partial charge >= 0.3 is 51.4 Å². The molecule has 2 aromatic heterocycles. The number of hydrogen-bond donors (Lipinski definition) is 1. The predicted octanol–water partition coefficient (Wildman–Crippen LogP) is 1.26. The maximum absolute atomic E-state index is 11.7. The van der Waals surface area contributed by atoms with E-state index in [2.05, 4.69) is 56.8 Å². The Balaban J connectivity index is 0.00000181. The van der Waals surface area contributed by atoms with E-state index < -0.39 is 0 Å². The second kappa shape index (κ2) is 13.3. The van der Waals surface area contributed by atoms with Crippen LogP contribution in [0.2, 0.25) is 5.15 Å². The standard InChI is InChI=1S/C22H22ClN6O.HI.K/c1-2-3-8-20-24-21(23)19(14-30)29(20)13-15-9-11-16(12-10-15)17-6-4-5-7-18(17)22-25-27-28-26-22;;/h4-7,9-12H,2-3,8,13-14H2,1H3,(H,25,26,27,28);1H;/q-1;;+1. The molecule has 32 heavy (non-hydrogen) atoms. The van der Waals surface area contributed by atoms with Crippen molar-refractivity contribution in [3.8, 4) is 22.5 Å². The van der Waals surface area contributed by atoms with Crippen LogP contribution in [0.25, 0.3) is 22.5 Å². The molecule has 2 aromatic carbocycles. The van der Waals surface area contributed by atoms with Crippen molar-refractivity contribution < 1.29 is 56.5 Å². The van der Waals surface area contributed by atoms with E-state index in [-0.39, 0.29) is 82.0 Å². The van der Waals surface area contributed by atoms with Gasteiger partial charge in [-0.3, -0.25) is 0 Å². The van der Waals surface area contributed by atoms with Gasteiger partial charge in [0.2, 0.25) is 5.82 Å². The number of imidazole rings is 1. The van der Waals surface area contributed by atoms with Crippen molar-refractivity contribution in [3.05, 3.63) is 70.8 Å². The van der Waals surface area contributed by atoms with Gasteiger partial charge in [-0.2, -0.15) is 5.21 Å². The summed E-state index contributed by atoms with van der Waals surface area (Å²) in [5.74, 6) is 1.43. The first-order chi connectivity index (χ1) is 14.7. The van der Waals surface area contributed by atoms with Crippen molar-refractivity contribution in [2.24, 2.45) is 0 Å². The Kier molecular flexibility index (Phi) is 11.4. The molecule has 0 atom stereocenters. The average Bonchev–Trinajstić information content (AvgIpc) is 3.41. The maximum atomic E-state index is 11.7. The van der Waals surface area contributed by atoms with Gasteiger partial charge in [-0.15, -0.1) is 34.2 Å². The van der Waals surface area contributed by atoms with Gasteiger partial charge in [-0.25, -0.2) is 4.98 Å². The van der Waals surface area contributed by atoms with Crippen LogP contribution in [0.1, 0.15) is 36.8 Å². The van der Waals surface area contributed by atoms with Crippen LogP contribution in [0.5, 0.6) is 0 Å². The molecule has 0 radical (unpaired) electrons. The summed E-state index contributed by atoms with van der Waals surface area (Å²) in [6.45, 7) is 2.33. The first-order valence-electron chi connectivity index (χ1n) is 9.95. The zero-order chi connectivity index (χ0) is 20.9. The third-order valence-corrected chi connectivity index (χ3v) is 5.41. The molecule has 162 valence electrons. The molecule has 0 amide bonds. The molecule has 4 rings (SSSR count). The van der Waals surface area contributed by atoms with Crippen molar-refractivity contribution in [1.82, 2.24) is 30.2 Å². The van der Waals surface area contributed by atoms with E-state index in [1.807, 2.05) is 28.8 Å². The molecule has 0 fully saturated rings. The van der Waals surface area contributed by atoms with Gasteiger partial charge in [-0.05, 0) is 28.3 Å². The number of aromatic amines is 1. The summed E-state index contributed by atoms with van der Waals surface area (Å²) < 4.78 is 1.97. The summed E-state index contributed by atoms with van der Waals surface area (Å²) in [4.78, 5) is 4.43. The number of unbranched alkanes of at least 4 members (excludes halogenated alkanes) is 1. The monoisotopic (exact) mass is 588 g/mol. The Hall–Kier alpha value is -0.664. The molecule has 1 N–H and O–H groups in total. The molecule has 0 unspecified atom stereocenters. The van der Waals surface area contributed by atoms with Gasteiger partial charge in [-0.1, -0.05) is 80.1 Å². The molecule has 2 heterocycles. The second-order valence-electron chi connectivity index (χ2n) is 7.08. The van der Waals surface area contributed by atoms with Crippen molar-refractivity contribution in [2.45, 2.75) is 39.3 Å². The smallest absolute Gasteiger partial charge is 0.850 e. The van der Waals surface area contributed by atoms with E-state index in [9.17, 15) is 5.11 Å². The van der Waals surface area contributed by atoms with E-state index in [0.717, 1.165) is 47.3 Å². The molecule has 10 heteroatoms. The van der Waals surface area contributed by atoms with Crippen molar-refractivity contribution >= 4 is 35.6 Å². The first-order valence-corrected chi connectivity index (χ1v) is 10.3. The molecule has 7 nitrogen and oxygen atoms in total. The molecule has 0 saturated heterocycles. The number of nitrogens with one attached hydrogen (secondary N) is 1. The fraction of sp³-hybridized carbons (Fsp3) is 0.273. The maximum Gasteiger partial charge on any atom is 1.00 e. The van der Waals surface area contributed by atoms with E-state index in [1.165, 1.54) is 0 Å². The van der Waals surface area contributed by atoms with Crippen molar-refractivity contribution in [2.75, 3.05) is 0 Å². The number of benzene rings is 2. The average molecular weight is 589 g/mol. The van der Waals surface area contributed by atoms with E-state index in [0.29, 0.717) is 23.2 Å². The van der Waals surface area contributed by atoms with Crippen LogP contribution >= 0.6 is 35.6 Å². The van der Waals surface area contributed by atoms with Crippen LogP contribution in [-0.2, 0) is 19.6 Å². The number of nitrogens with zero attached hydrogens (tertiary/aromatic N) is 5. The van der Waals surface area contributed by atoms with Gasteiger partial charge in [0.05, 0.1) is 0 Å². The van der Waals surface area contributed by atoms with Crippen LogP contribution in [0.4, 0.5) is 0 Å². The topological polar surface area (TPSA) is 95.3 Å². The van der Waals surface area contributed by atoms with E-state index in [4.69, 9.17) is 11.6 Å². The molecule has 0 aliphatic carbocycles. The summed E-state index contributed by atoms with van der Waals surface area (Å²) in [6, 6.07) is 16.2. The number of rotatable bonds is 8. The molecule has 0 saturated carbocycles. The zero-order valence-corrected chi connectivity index (χ0v) is 24.3. The summed E-state index contributed by atoms with van der Waals surface area (Å²) in [6.07, 6.45) is 2.88. The molecule has 4 aromatic rings. The van der Waals surface area contributed by atoms with Crippen molar-refractivity contribution in [1.29, 1.82) is 0 Å². The minimum atomic E-state index is -0.381. The quantitative estimate of drug-likeness (QED) is 0.247. The first kappa shape index (κ1) is 27.6. The number of hydrogen-bond acceptors (Lipinski definition) is 5. The molecular weight excluding hydrogens is 566 g/mol. The Morgan fingerprint density at radius 1 is 1.06 bits per heavy atom. The number of halogens is 2. The summed E-state index contributed by atoms with van der Waals surface area (Å²) in [5.41, 5.74) is 4.63. The summed E-state index contributed by atoms with van der Waals surface area (Å²) in [5, 5.41) is 26.4. The Morgan fingerprint density at radius 3 is 2.41 bits per heavy atom. The van der Waals surface area contributed by atoms with Crippen LogP contribution in [0.3, 0.4) is 0 Å². The van der Waals surface area contributed by atoms with Gasteiger partial charge in [0.1, 0.15) is 11.0 Å². The number of aromatic nitrogens is 6. The largest absolute Gasteiger partial charge is 1.00 e. The number of aryl methyl sites for hydroxylation is 1. The number of H-pyrrole nitrogens is 1. The SMILES string of the molecule is CCCCc1nc(Cl)c(C[O-])n1Cc1ccc(-c2ccccc2-c2nn[nH]n2)cc1.I.[K+]. The van der Waals surface area contributed by atoms with Crippen LogP contribution in [-0.4, -0.2) is 30.2 Å². The van der Waals surface area contributed by atoms with Crippen molar-refractivity contribution in [3.63, 3.8) is 0 Å².